The van der Waals surface area contributed by atoms with Crippen molar-refractivity contribution in [2.45, 2.75) is 6.92 Å². The molecular formula is C18H15ClN4O. The molecule has 1 heterocycles. The molecule has 1 aromatic heterocycles. The van der Waals surface area contributed by atoms with Crippen LogP contribution < -0.4 is 5.43 Å². The summed E-state index contributed by atoms with van der Waals surface area (Å²) < 4.78 is 0. The zero-order chi connectivity index (χ0) is 16.9. The zero-order valence-corrected chi connectivity index (χ0v) is 13.7. The Balaban J connectivity index is 1.84. The molecule has 2 aromatic carbocycles. The summed E-state index contributed by atoms with van der Waals surface area (Å²) in [6.07, 6.45) is 0. The van der Waals surface area contributed by atoms with Gasteiger partial charge in [-0.05, 0) is 36.8 Å². The van der Waals surface area contributed by atoms with Gasteiger partial charge in [0.2, 0.25) is 0 Å². The van der Waals surface area contributed by atoms with E-state index in [0.29, 0.717) is 16.8 Å². The number of aromatic hydroxyl groups is 1. The summed E-state index contributed by atoms with van der Waals surface area (Å²) in [4.78, 5) is 8.67. The fraction of sp³-hybridized carbons (Fsp3) is 0.0556. The lowest BCUT2D eigenvalue weighted by atomic mass is 10.1. The van der Waals surface area contributed by atoms with E-state index in [4.69, 9.17) is 11.6 Å². The standard InChI is InChI=1S/C18H15ClN4O/c1-12(13-7-9-15(24)10-8-13)22-23-17-11-16(19)20-18(21-17)14-5-3-2-4-6-14/h2-11,24H,1H3,(H,20,21,23)/b22-12-. The first-order chi connectivity index (χ1) is 11.6. The first kappa shape index (κ1) is 16.0. The number of aromatic nitrogens is 2. The van der Waals surface area contributed by atoms with Gasteiger partial charge >= 0.3 is 0 Å². The van der Waals surface area contributed by atoms with Crippen LogP contribution in [0, 0.1) is 0 Å². The Bertz CT molecular complexity index is 864. The summed E-state index contributed by atoms with van der Waals surface area (Å²) in [6, 6.07) is 18.0. The Hall–Kier alpha value is -2.92. The Labute approximate surface area is 144 Å². The van der Waals surface area contributed by atoms with Gasteiger partial charge in [0.15, 0.2) is 11.6 Å². The summed E-state index contributed by atoms with van der Waals surface area (Å²) in [5, 5.41) is 14.0. The fourth-order valence-electron chi connectivity index (χ4n) is 2.10. The molecule has 2 N–H and O–H groups in total. The highest BCUT2D eigenvalue weighted by Gasteiger charge is 2.05. The van der Waals surface area contributed by atoms with Crippen molar-refractivity contribution in [2.24, 2.45) is 5.10 Å². The van der Waals surface area contributed by atoms with Gasteiger partial charge in [0.25, 0.3) is 0 Å². The second kappa shape index (κ2) is 7.10. The topological polar surface area (TPSA) is 70.4 Å². The minimum absolute atomic E-state index is 0.217. The van der Waals surface area contributed by atoms with Gasteiger partial charge in [0, 0.05) is 11.6 Å². The molecule has 3 aromatic rings. The van der Waals surface area contributed by atoms with E-state index in [1.54, 1.807) is 30.3 Å². The predicted molar refractivity (Wildman–Crippen MR) is 96.4 cm³/mol. The number of anilines is 1. The van der Waals surface area contributed by atoms with Crippen LogP contribution >= 0.6 is 11.6 Å². The van der Waals surface area contributed by atoms with Crippen LogP contribution in [-0.2, 0) is 0 Å². The van der Waals surface area contributed by atoms with E-state index in [2.05, 4.69) is 20.5 Å². The number of benzene rings is 2. The van der Waals surface area contributed by atoms with E-state index in [0.717, 1.165) is 16.8 Å². The Morgan fingerprint density at radius 3 is 2.46 bits per heavy atom. The third-order valence-electron chi connectivity index (χ3n) is 3.35. The van der Waals surface area contributed by atoms with Crippen molar-refractivity contribution in [1.82, 2.24) is 9.97 Å². The molecule has 5 nitrogen and oxygen atoms in total. The summed E-state index contributed by atoms with van der Waals surface area (Å²) in [5.41, 5.74) is 5.42. The zero-order valence-electron chi connectivity index (χ0n) is 12.9. The summed E-state index contributed by atoms with van der Waals surface area (Å²) in [7, 11) is 0. The van der Waals surface area contributed by atoms with E-state index in [9.17, 15) is 5.11 Å². The van der Waals surface area contributed by atoms with Crippen LogP contribution in [0.15, 0.2) is 65.8 Å². The largest absolute Gasteiger partial charge is 0.508 e. The smallest absolute Gasteiger partial charge is 0.163 e. The average molecular weight is 339 g/mol. The van der Waals surface area contributed by atoms with E-state index >= 15 is 0 Å². The number of hydrogen-bond acceptors (Lipinski definition) is 5. The molecule has 0 spiro atoms. The molecule has 0 atom stereocenters. The molecule has 0 bridgehead atoms. The first-order valence-electron chi connectivity index (χ1n) is 7.31. The van der Waals surface area contributed by atoms with E-state index < -0.39 is 0 Å². The van der Waals surface area contributed by atoms with Crippen LogP contribution in [0.3, 0.4) is 0 Å². The monoisotopic (exact) mass is 338 g/mol. The number of phenolic OH excluding ortho intramolecular Hbond substituents is 1. The predicted octanol–water partition coefficient (Wildman–Crippen LogP) is 4.34. The lowest BCUT2D eigenvalue weighted by molar-refractivity contribution is 0.475. The molecule has 24 heavy (non-hydrogen) atoms. The van der Waals surface area contributed by atoms with Crippen molar-refractivity contribution in [3.8, 4) is 17.1 Å². The molecule has 0 aliphatic carbocycles. The molecule has 120 valence electrons. The van der Waals surface area contributed by atoms with Gasteiger partial charge in [-0.3, -0.25) is 5.43 Å². The number of phenols is 1. The number of rotatable bonds is 4. The Kier molecular flexibility index (Phi) is 4.72. The van der Waals surface area contributed by atoms with Gasteiger partial charge < -0.3 is 5.11 Å². The molecule has 0 unspecified atom stereocenters. The van der Waals surface area contributed by atoms with Gasteiger partial charge in [-0.2, -0.15) is 5.10 Å². The fourth-order valence-corrected chi connectivity index (χ4v) is 2.28. The Morgan fingerprint density at radius 2 is 1.75 bits per heavy atom. The van der Waals surface area contributed by atoms with Crippen LogP contribution in [0.5, 0.6) is 5.75 Å². The first-order valence-corrected chi connectivity index (χ1v) is 7.69. The molecule has 0 aliphatic rings. The third kappa shape index (κ3) is 3.88. The number of hydrazone groups is 1. The van der Waals surface area contributed by atoms with E-state index in [-0.39, 0.29) is 5.75 Å². The van der Waals surface area contributed by atoms with E-state index in [1.807, 2.05) is 37.3 Å². The van der Waals surface area contributed by atoms with Crippen molar-refractivity contribution in [3.63, 3.8) is 0 Å². The SMILES string of the molecule is C/C(=N/Nc1cc(Cl)nc(-c2ccccc2)n1)c1ccc(O)cc1. The molecule has 0 aliphatic heterocycles. The molecule has 0 fully saturated rings. The quantitative estimate of drug-likeness (QED) is 0.422. The number of nitrogens with one attached hydrogen (secondary N) is 1. The van der Waals surface area contributed by atoms with Crippen molar-refractivity contribution >= 4 is 23.1 Å². The van der Waals surface area contributed by atoms with Gasteiger partial charge in [-0.1, -0.05) is 41.9 Å². The minimum atomic E-state index is 0.217. The Morgan fingerprint density at radius 1 is 1.04 bits per heavy atom. The highest BCUT2D eigenvalue weighted by atomic mass is 35.5. The van der Waals surface area contributed by atoms with Crippen molar-refractivity contribution in [2.75, 3.05) is 5.43 Å². The highest BCUT2D eigenvalue weighted by molar-refractivity contribution is 6.29. The van der Waals surface area contributed by atoms with Crippen molar-refractivity contribution in [3.05, 3.63) is 71.4 Å². The van der Waals surface area contributed by atoms with Gasteiger partial charge in [0.1, 0.15) is 10.9 Å². The van der Waals surface area contributed by atoms with Gasteiger partial charge in [0.05, 0.1) is 5.71 Å². The van der Waals surface area contributed by atoms with Crippen LogP contribution in [0.25, 0.3) is 11.4 Å². The van der Waals surface area contributed by atoms with Crippen LogP contribution in [0.4, 0.5) is 5.82 Å². The number of hydrogen-bond donors (Lipinski definition) is 2. The lowest BCUT2D eigenvalue weighted by Crippen LogP contribution is -2.02. The molecule has 0 amide bonds. The number of nitrogens with zero attached hydrogens (tertiary/aromatic N) is 3. The van der Waals surface area contributed by atoms with E-state index in [1.165, 1.54) is 0 Å². The molecule has 0 saturated heterocycles. The average Bonchev–Trinajstić information content (AvgIpc) is 2.60. The molecular weight excluding hydrogens is 324 g/mol. The summed E-state index contributed by atoms with van der Waals surface area (Å²) in [6.45, 7) is 1.86. The highest BCUT2D eigenvalue weighted by Crippen LogP contribution is 2.20. The second-order valence-corrected chi connectivity index (χ2v) is 5.51. The summed E-state index contributed by atoms with van der Waals surface area (Å²) >= 11 is 6.08. The maximum Gasteiger partial charge on any atom is 0.163 e. The maximum absolute atomic E-state index is 9.33. The van der Waals surface area contributed by atoms with Crippen LogP contribution in [-0.4, -0.2) is 20.8 Å². The third-order valence-corrected chi connectivity index (χ3v) is 3.54. The van der Waals surface area contributed by atoms with Gasteiger partial charge in [-0.25, -0.2) is 9.97 Å². The molecule has 0 radical (unpaired) electrons. The van der Waals surface area contributed by atoms with Gasteiger partial charge in [-0.15, -0.1) is 0 Å². The summed E-state index contributed by atoms with van der Waals surface area (Å²) in [5.74, 6) is 1.25. The minimum Gasteiger partial charge on any atom is -0.508 e. The van der Waals surface area contributed by atoms with Crippen LogP contribution in [0.1, 0.15) is 12.5 Å². The van der Waals surface area contributed by atoms with Crippen molar-refractivity contribution in [1.29, 1.82) is 0 Å². The lowest BCUT2D eigenvalue weighted by Gasteiger charge is -2.06. The van der Waals surface area contributed by atoms with Crippen molar-refractivity contribution < 1.29 is 5.11 Å². The molecule has 6 heteroatoms. The van der Waals surface area contributed by atoms with Crippen LogP contribution in [0.2, 0.25) is 5.15 Å². The maximum atomic E-state index is 9.33. The molecule has 3 rings (SSSR count). The number of halogens is 1. The normalized spacial score (nSPS) is 11.3. The second-order valence-electron chi connectivity index (χ2n) is 5.12. The molecule has 0 saturated carbocycles.